The quantitative estimate of drug-likeness (QED) is 0.691. The Kier molecular flexibility index (Phi) is 4.18. The second kappa shape index (κ2) is 6.10. The van der Waals surface area contributed by atoms with Gasteiger partial charge in [0.25, 0.3) is 5.56 Å². The molecule has 0 amide bonds. The van der Waals surface area contributed by atoms with Gasteiger partial charge in [-0.2, -0.15) is 0 Å². The van der Waals surface area contributed by atoms with Gasteiger partial charge in [0.2, 0.25) is 0 Å². The average molecular weight is 380 g/mol. The van der Waals surface area contributed by atoms with Crippen molar-refractivity contribution in [2.45, 2.75) is 13.5 Å². The molecule has 2 aromatic heterocycles. The summed E-state index contributed by atoms with van der Waals surface area (Å²) in [5.74, 6) is 0.560. The molecule has 0 aliphatic carbocycles. The highest BCUT2D eigenvalue weighted by Gasteiger charge is 2.08. The summed E-state index contributed by atoms with van der Waals surface area (Å²) in [6.07, 6.45) is 1.68. The number of nitrogens with zero attached hydrogens (tertiary/aromatic N) is 2. The number of hydrogen-bond donors (Lipinski definition) is 0. The van der Waals surface area contributed by atoms with Gasteiger partial charge in [0.1, 0.15) is 6.61 Å². The molecule has 3 rings (SSSR count). The summed E-state index contributed by atoms with van der Waals surface area (Å²) in [4.78, 5) is 16.4. The van der Waals surface area contributed by atoms with Gasteiger partial charge in [-0.3, -0.25) is 9.20 Å². The van der Waals surface area contributed by atoms with Gasteiger partial charge in [0, 0.05) is 33.0 Å². The molecule has 0 spiro atoms. The molecule has 0 atom stereocenters. The zero-order valence-electron chi connectivity index (χ0n) is 11.7. The molecule has 1 aromatic carbocycles. The molecule has 3 aromatic rings. The van der Waals surface area contributed by atoms with Crippen LogP contribution in [0.1, 0.15) is 11.3 Å². The van der Waals surface area contributed by atoms with Crippen LogP contribution in [0.3, 0.4) is 0 Å². The van der Waals surface area contributed by atoms with Crippen molar-refractivity contribution in [2.24, 2.45) is 0 Å². The second-order valence-electron chi connectivity index (χ2n) is 4.83. The van der Waals surface area contributed by atoms with Gasteiger partial charge in [-0.05, 0) is 31.2 Å². The molecule has 0 aliphatic heterocycles. The Morgan fingerprint density at radius 1 is 1.32 bits per heavy atom. The number of aryl methyl sites for hydroxylation is 1. The van der Waals surface area contributed by atoms with E-state index in [1.807, 2.05) is 12.1 Å². The molecule has 2 heterocycles. The van der Waals surface area contributed by atoms with E-state index in [1.54, 1.807) is 31.3 Å². The molecule has 4 nitrogen and oxygen atoms in total. The number of aromatic nitrogens is 2. The lowest BCUT2D eigenvalue weighted by molar-refractivity contribution is 0.307. The molecule has 0 unspecified atom stereocenters. The summed E-state index contributed by atoms with van der Waals surface area (Å²) in [5.41, 5.74) is 2.01. The number of hydrogen-bond acceptors (Lipinski definition) is 3. The zero-order chi connectivity index (χ0) is 15.7. The first-order valence-electron chi connectivity index (χ1n) is 6.60. The van der Waals surface area contributed by atoms with Crippen molar-refractivity contribution in [1.29, 1.82) is 0 Å². The Morgan fingerprint density at radius 3 is 2.91 bits per heavy atom. The van der Waals surface area contributed by atoms with Crippen LogP contribution in [-0.2, 0) is 6.61 Å². The van der Waals surface area contributed by atoms with Crippen molar-refractivity contribution >= 4 is 33.2 Å². The van der Waals surface area contributed by atoms with E-state index in [1.165, 1.54) is 10.5 Å². The van der Waals surface area contributed by atoms with E-state index in [9.17, 15) is 4.79 Å². The normalized spacial score (nSPS) is 10.9. The van der Waals surface area contributed by atoms with E-state index in [-0.39, 0.29) is 5.56 Å². The molecule has 0 saturated carbocycles. The van der Waals surface area contributed by atoms with Gasteiger partial charge in [-0.15, -0.1) is 0 Å². The molecular formula is C16H12BrClN2O2. The Labute approximate surface area is 140 Å². The Hall–Kier alpha value is -1.85. The minimum Gasteiger partial charge on any atom is -0.485 e. The van der Waals surface area contributed by atoms with Crippen molar-refractivity contribution in [1.82, 2.24) is 9.38 Å². The lowest BCUT2D eigenvalue weighted by atomic mass is 10.2. The first-order chi connectivity index (χ1) is 10.5. The summed E-state index contributed by atoms with van der Waals surface area (Å²) in [5, 5.41) is 0.657. The van der Waals surface area contributed by atoms with Crippen molar-refractivity contribution in [3.63, 3.8) is 0 Å². The van der Waals surface area contributed by atoms with E-state index in [0.29, 0.717) is 28.7 Å². The first kappa shape index (κ1) is 15.1. The molecule has 0 N–H and O–H groups in total. The average Bonchev–Trinajstić information content (AvgIpc) is 2.46. The molecule has 0 bridgehead atoms. The third-order valence-electron chi connectivity index (χ3n) is 3.18. The molecule has 0 fully saturated rings. The maximum Gasteiger partial charge on any atom is 0.258 e. The van der Waals surface area contributed by atoms with Crippen LogP contribution in [0.2, 0.25) is 5.02 Å². The summed E-state index contributed by atoms with van der Waals surface area (Å²) in [7, 11) is 0. The van der Waals surface area contributed by atoms with Gasteiger partial charge in [-0.1, -0.05) is 33.6 Å². The maximum atomic E-state index is 12.0. The van der Waals surface area contributed by atoms with E-state index < -0.39 is 0 Å². The number of halogens is 2. The van der Waals surface area contributed by atoms with Crippen LogP contribution >= 0.6 is 27.5 Å². The van der Waals surface area contributed by atoms with Gasteiger partial charge in [0.15, 0.2) is 11.4 Å². The maximum absolute atomic E-state index is 12.0. The van der Waals surface area contributed by atoms with Crippen LogP contribution in [0.15, 0.2) is 51.9 Å². The van der Waals surface area contributed by atoms with Crippen molar-refractivity contribution in [2.75, 3.05) is 0 Å². The van der Waals surface area contributed by atoms with Crippen molar-refractivity contribution in [3.05, 3.63) is 73.7 Å². The third-order valence-corrected chi connectivity index (χ3v) is 4.15. The summed E-state index contributed by atoms with van der Waals surface area (Å²) >= 11 is 9.39. The van der Waals surface area contributed by atoms with Crippen LogP contribution in [-0.4, -0.2) is 9.38 Å². The minimum atomic E-state index is -0.124. The Morgan fingerprint density at radius 2 is 2.14 bits per heavy atom. The molecule has 0 aliphatic rings. The fourth-order valence-electron chi connectivity index (χ4n) is 2.12. The Balaban J connectivity index is 1.96. The zero-order valence-corrected chi connectivity index (χ0v) is 14.1. The number of ether oxygens (including phenoxy) is 1. The smallest absolute Gasteiger partial charge is 0.258 e. The molecule has 6 heteroatoms. The van der Waals surface area contributed by atoms with E-state index in [4.69, 9.17) is 16.3 Å². The molecule has 22 heavy (non-hydrogen) atoms. The lowest BCUT2D eigenvalue weighted by Crippen LogP contribution is -2.15. The second-order valence-corrected chi connectivity index (χ2v) is 6.12. The van der Waals surface area contributed by atoms with Crippen LogP contribution in [0.5, 0.6) is 5.75 Å². The van der Waals surface area contributed by atoms with Crippen LogP contribution in [0.4, 0.5) is 0 Å². The van der Waals surface area contributed by atoms with Crippen LogP contribution in [0.25, 0.3) is 5.65 Å². The highest BCUT2D eigenvalue weighted by molar-refractivity contribution is 9.10. The highest BCUT2D eigenvalue weighted by atomic mass is 79.9. The van der Waals surface area contributed by atoms with Gasteiger partial charge < -0.3 is 4.74 Å². The number of rotatable bonds is 3. The minimum absolute atomic E-state index is 0.124. The predicted molar refractivity (Wildman–Crippen MR) is 89.7 cm³/mol. The van der Waals surface area contributed by atoms with Gasteiger partial charge in [-0.25, -0.2) is 4.98 Å². The van der Waals surface area contributed by atoms with Gasteiger partial charge in [0.05, 0.1) is 0 Å². The van der Waals surface area contributed by atoms with E-state index in [2.05, 4.69) is 20.9 Å². The topological polar surface area (TPSA) is 43.6 Å². The fraction of sp³-hybridized carbons (Fsp3) is 0.125. The molecule has 0 saturated heterocycles. The van der Waals surface area contributed by atoms with E-state index >= 15 is 0 Å². The monoisotopic (exact) mass is 378 g/mol. The first-order valence-corrected chi connectivity index (χ1v) is 7.77. The molecule has 0 radical (unpaired) electrons. The Bertz CT molecular complexity index is 908. The lowest BCUT2D eigenvalue weighted by Gasteiger charge is -2.11. The number of fused-ring (bicyclic) bond motifs is 1. The highest BCUT2D eigenvalue weighted by Crippen LogP contribution is 2.24. The van der Waals surface area contributed by atoms with Crippen LogP contribution in [0, 0.1) is 6.92 Å². The van der Waals surface area contributed by atoms with Crippen molar-refractivity contribution < 1.29 is 4.74 Å². The molecular weight excluding hydrogens is 368 g/mol. The van der Waals surface area contributed by atoms with Crippen LogP contribution < -0.4 is 10.3 Å². The standard InChI is InChI=1S/C16H12BrClN2O2/c1-10-7-15(21)20-6-2-3-14(16(20)19-10)22-9-11-4-5-12(18)8-13(11)17/h2-8H,9H2,1H3. The molecule has 112 valence electrons. The summed E-state index contributed by atoms with van der Waals surface area (Å²) < 4.78 is 8.19. The number of pyridine rings is 1. The third kappa shape index (κ3) is 3.00. The number of benzene rings is 1. The fourth-order valence-corrected chi connectivity index (χ4v) is 2.92. The summed E-state index contributed by atoms with van der Waals surface area (Å²) in [6.45, 7) is 2.13. The summed E-state index contributed by atoms with van der Waals surface area (Å²) in [6, 6.07) is 10.6. The van der Waals surface area contributed by atoms with Crippen molar-refractivity contribution in [3.8, 4) is 5.75 Å². The van der Waals surface area contributed by atoms with Gasteiger partial charge >= 0.3 is 0 Å². The predicted octanol–water partition coefficient (Wildman–Crippen LogP) is 4.00. The largest absolute Gasteiger partial charge is 0.485 e. The van der Waals surface area contributed by atoms with E-state index in [0.717, 1.165) is 10.0 Å². The SMILES string of the molecule is Cc1cc(=O)n2cccc(OCc3ccc(Cl)cc3Br)c2n1.